The number of hydrogen-bond acceptors (Lipinski definition) is 6. The number of nitrogens with zero attached hydrogens (tertiary/aromatic N) is 2. The molecule has 0 radical (unpaired) electrons. The van der Waals surface area contributed by atoms with E-state index in [1.54, 1.807) is 0 Å². The lowest BCUT2D eigenvalue weighted by molar-refractivity contribution is 0.171. The predicted molar refractivity (Wildman–Crippen MR) is 111 cm³/mol. The fourth-order valence-corrected chi connectivity index (χ4v) is 3.21. The molecule has 2 aromatic carbocycles. The second-order valence-electron chi connectivity index (χ2n) is 6.51. The molecular formula is C21H21ClN4O2. The Labute approximate surface area is 168 Å². The molecule has 28 heavy (non-hydrogen) atoms. The first-order valence-electron chi connectivity index (χ1n) is 9.16. The standard InChI is InChI=1S/C21H21ClN4O2/c1-14-11-20(23-8-7-15-3-2-4-16(22)12-15)26-21(24-14)25-17-5-6-18-19(13-17)28-10-9-27-18/h2-6,11-13H,7-10H2,1H3,(H2,23,24,25,26). The monoisotopic (exact) mass is 396 g/mol. The molecule has 144 valence electrons. The molecule has 0 amide bonds. The molecule has 2 N–H and O–H groups in total. The van der Waals surface area contributed by atoms with Gasteiger partial charge in [-0.25, -0.2) is 4.98 Å². The lowest BCUT2D eigenvalue weighted by Gasteiger charge is -2.19. The predicted octanol–water partition coefficient (Wildman–Crippen LogP) is 4.61. The molecule has 1 aliphatic heterocycles. The Balaban J connectivity index is 1.42. The highest BCUT2D eigenvalue weighted by atomic mass is 35.5. The van der Waals surface area contributed by atoms with Crippen molar-refractivity contribution < 1.29 is 9.47 Å². The fraction of sp³-hybridized carbons (Fsp3) is 0.238. The van der Waals surface area contributed by atoms with Crippen molar-refractivity contribution >= 4 is 29.1 Å². The normalized spacial score (nSPS) is 12.5. The van der Waals surface area contributed by atoms with Gasteiger partial charge in [0.15, 0.2) is 11.5 Å². The van der Waals surface area contributed by atoms with E-state index in [1.807, 2.05) is 49.4 Å². The van der Waals surface area contributed by atoms with Gasteiger partial charge in [0, 0.05) is 35.1 Å². The number of nitrogens with one attached hydrogen (secondary N) is 2. The average Bonchev–Trinajstić information content (AvgIpc) is 2.67. The minimum Gasteiger partial charge on any atom is -0.486 e. The van der Waals surface area contributed by atoms with E-state index < -0.39 is 0 Å². The minimum atomic E-state index is 0.530. The Morgan fingerprint density at radius 3 is 2.71 bits per heavy atom. The lowest BCUT2D eigenvalue weighted by atomic mass is 10.1. The number of benzene rings is 2. The molecule has 7 heteroatoms. The molecule has 0 fully saturated rings. The number of ether oxygens (including phenoxy) is 2. The van der Waals surface area contributed by atoms with Crippen LogP contribution in [-0.2, 0) is 6.42 Å². The molecule has 0 unspecified atom stereocenters. The fourth-order valence-electron chi connectivity index (χ4n) is 2.99. The van der Waals surface area contributed by atoms with E-state index in [-0.39, 0.29) is 0 Å². The Hall–Kier alpha value is -2.99. The number of hydrogen-bond donors (Lipinski definition) is 2. The van der Waals surface area contributed by atoms with Crippen LogP contribution < -0.4 is 20.1 Å². The van der Waals surface area contributed by atoms with Crippen LogP contribution in [0.25, 0.3) is 0 Å². The molecule has 0 atom stereocenters. The number of fused-ring (bicyclic) bond motifs is 1. The molecule has 1 aromatic heterocycles. The summed E-state index contributed by atoms with van der Waals surface area (Å²) in [6.45, 7) is 3.82. The zero-order valence-electron chi connectivity index (χ0n) is 15.5. The second-order valence-corrected chi connectivity index (χ2v) is 6.94. The van der Waals surface area contributed by atoms with Crippen LogP contribution in [0.2, 0.25) is 5.02 Å². The number of halogens is 1. The van der Waals surface area contributed by atoms with Gasteiger partial charge in [0.25, 0.3) is 0 Å². The third-order valence-electron chi connectivity index (χ3n) is 4.26. The van der Waals surface area contributed by atoms with E-state index in [9.17, 15) is 0 Å². The van der Waals surface area contributed by atoms with E-state index in [1.165, 1.54) is 5.56 Å². The molecule has 2 heterocycles. The molecule has 6 nitrogen and oxygen atoms in total. The van der Waals surface area contributed by atoms with E-state index in [0.29, 0.717) is 19.2 Å². The van der Waals surface area contributed by atoms with Crippen molar-refractivity contribution in [2.24, 2.45) is 0 Å². The Kier molecular flexibility index (Phi) is 5.48. The number of aryl methyl sites for hydroxylation is 1. The van der Waals surface area contributed by atoms with Crippen molar-refractivity contribution in [1.82, 2.24) is 9.97 Å². The summed E-state index contributed by atoms with van der Waals surface area (Å²) in [4.78, 5) is 9.03. The summed E-state index contributed by atoms with van der Waals surface area (Å²) in [5.41, 5.74) is 2.90. The van der Waals surface area contributed by atoms with Crippen LogP contribution in [-0.4, -0.2) is 29.7 Å². The zero-order valence-corrected chi connectivity index (χ0v) is 16.3. The highest BCUT2D eigenvalue weighted by Gasteiger charge is 2.12. The van der Waals surface area contributed by atoms with Crippen molar-refractivity contribution in [3.63, 3.8) is 0 Å². The Morgan fingerprint density at radius 2 is 1.86 bits per heavy atom. The van der Waals surface area contributed by atoms with Crippen LogP contribution in [0.3, 0.4) is 0 Å². The maximum Gasteiger partial charge on any atom is 0.229 e. The first-order valence-corrected chi connectivity index (χ1v) is 9.54. The third kappa shape index (κ3) is 4.64. The van der Waals surface area contributed by atoms with E-state index in [2.05, 4.69) is 26.7 Å². The summed E-state index contributed by atoms with van der Waals surface area (Å²) in [6.07, 6.45) is 0.856. The van der Waals surface area contributed by atoms with Gasteiger partial charge in [-0.1, -0.05) is 23.7 Å². The average molecular weight is 397 g/mol. The molecule has 0 aliphatic carbocycles. The van der Waals surface area contributed by atoms with Gasteiger partial charge in [-0.3, -0.25) is 0 Å². The molecule has 1 aliphatic rings. The molecule has 0 saturated heterocycles. The van der Waals surface area contributed by atoms with Gasteiger partial charge in [0.05, 0.1) is 0 Å². The maximum atomic E-state index is 6.04. The largest absolute Gasteiger partial charge is 0.486 e. The van der Waals surface area contributed by atoms with Crippen LogP contribution in [0.1, 0.15) is 11.3 Å². The first kappa shape index (κ1) is 18.4. The van der Waals surface area contributed by atoms with Crippen LogP contribution in [0, 0.1) is 6.92 Å². The Bertz CT molecular complexity index is 980. The minimum absolute atomic E-state index is 0.530. The van der Waals surface area contributed by atoms with E-state index in [4.69, 9.17) is 21.1 Å². The van der Waals surface area contributed by atoms with Gasteiger partial charge >= 0.3 is 0 Å². The summed E-state index contributed by atoms with van der Waals surface area (Å²) in [7, 11) is 0. The molecule has 0 spiro atoms. The molecule has 4 rings (SSSR count). The first-order chi connectivity index (χ1) is 13.7. The number of rotatable bonds is 6. The van der Waals surface area contributed by atoms with Crippen molar-refractivity contribution in [3.05, 3.63) is 64.8 Å². The molecular weight excluding hydrogens is 376 g/mol. The van der Waals surface area contributed by atoms with Crippen molar-refractivity contribution in [3.8, 4) is 11.5 Å². The zero-order chi connectivity index (χ0) is 19.3. The van der Waals surface area contributed by atoms with Gasteiger partial charge in [0.2, 0.25) is 5.95 Å². The molecule has 0 saturated carbocycles. The van der Waals surface area contributed by atoms with E-state index >= 15 is 0 Å². The highest BCUT2D eigenvalue weighted by Crippen LogP contribution is 2.33. The van der Waals surface area contributed by atoms with Crippen LogP contribution in [0.15, 0.2) is 48.5 Å². The van der Waals surface area contributed by atoms with Gasteiger partial charge in [-0.2, -0.15) is 4.98 Å². The Morgan fingerprint density at radius 1 is 1.00 bits per heavy atom. The summed E-state index contributed by atoms with van der Waals surface area (Å²) < 4.78 is 11.2. The summed E-state index contributed by atoms with van der Waals surface area (Å²) in [5.74, 6) is 2.78. The topological polar surface area (TPSA) is 68.3 Å². The van der Waals surface area contributed by atoms with Crippen molar-refractivity contribution in [1.29, 1.82) is 0 Å². The number of anilines is 3. The molecule has 0 bridgehead atoms. The van der Waals surface area contributed by atoms with Gasteiger partial charge in [-0.05, 0) is 43.2 Å². The summed E-state index contributed by atoms with van der Waals surface area (Å²) in [5, 5.41) is 7.34. The smallest absolute Gasteiger partial charge is 0.229 e. The van der Waals surface area contributed by atoms with E-state index in [0.717, 1.165) is 46.7 Å². The summed E-state index contributed by atoms with van der Waals surface area (Å²) >= 11 is 6.04. The quantitative estimate of drug-likeness (QED) is 0.634. The van der Waals surface area contributed by atoms with Gasteiger partial charge in [0.1, 0.15) is 19.0 Å². The van der Waals surface area contributed by atoms with Crippen LogP contribution in [0.4, 0.5) is 17.5 Å². The van der Waals surface area contributed by atoms with Gasteiger partial charge < -0.3 is 20.1 Å². The summed E-state index contributed by atoms with van der Waals surface area (Å²) in [6, 6.07) is 15.5. The maximum absolute atomic E-state index is 6.04. The second kappa shape index (κ2) is 8.35. The lowest BCUT2D eigenvalue weighted by Crippen LogP contribution is -2.15. The highest BCUT2D eigenvalue weighted by molar-refractivity contribution is 6.30. The third-order valence-corrected chi connectivity index (χ3v) is 4.50. The number of aromatic nitrogens is 2. The van der Waals surface area contributed by atoms with Crippen molar-refractivity contribution in [2.75, 3.05) is 30.4 Å². The van der Waals surface area contributed by atoms with Crippen LogP contribution >= 0.6 is 11.6 Å². The van der Waals surface area contributed by atoms with Gasteiger partial charge in [-0.15, -0.1) is 0 Å². The SMILES string of the molecule is Cc1cc(NCCc2cccc(Cl)c2)nc(Nc2ccc3c(c2)OCCO3)n1. The van der Waals surface area contributed by atoms with Crippen LogP contribution in [0.5, 0.6) is 11.5 Å². The molecule has 3 aromatic rings. The van der Waals surface area contributed by atoms with Crippen molar-refractivity contribution in [2.45, 2.75) is 13.3 Å².